The molecule has 108 valence electrons. The van der Waals surface area contributed by atoms with Crippen LogP contribution in [0, 0.1) is 0 Å². The second-order valence-electron chi connectivity index (χ2n) is 4.33. The van der Waals surface area contributed by atoms with Crippen molar-refractivity contribution >= 4 is 5.84 Å². The number of aromatic nitrogens is 1. The normalized spacial score (nSPS) is 13.2. The SMILES string of the molecule is N/C(=N/O)c1ccncc1OCc1ccc2c(c1)OCO2. The molecule has 0 aliphatic carbocycles. The lowest BCUT2D eigenvalue weighted by atomic mass is 10.2. The largest absolute Gasteiger partial charge is 0.487 e. The maximum Gasteiger partial charge on any atom is 0.231 e. The van der Waals surface area contributed by atoms with E-state index in [0.717, 1.165) is 11.3 Å². The van der Waals surface area contributed by atoms with Gasteiger partial charge in [-0.05, 0) is 23.8 Å². The van der Waals surface area contributed by atoms with Crippen LogP contribution in [0.5, 0.6) is 17.2 Å². The summed E-state index contributed by atoms with van der Waals surface area (Å²) in [4.78, 5) is 3.97. The van der Waals surface area contributed by atoms with Gasteiger partial charge in [-0.1, -0.05) is 11.2 Å². The van der Waals surface area contributed by atoms with E-state index in [9.17, 15) is 0 Å². The van der Waals surface area contributed by atoms with Gasteiger partial charge in [0.15, 0.2) is 17.3 Å². The minimum absolute atomic E-state index is 0.0295. The Bertz CT molecular complexity index is 688. The van der Waals surface area contributed by atoms with Crippen LogP contribution in [0.15, 0.2) is 41.8 Å². The number of hydrogen-bond donors (Lipinski definition) is 2. The topological polar surface area (TPSA) is 99.2 Å². The molecule has 0 radical (unpaired) electrons. The third-order valence-corrected chi connectivity index (χ3v) is 3.00. The number of rotatable bonds is 4. The Labute approximate surface area is 120 Å². The van der Waals surface area contributed by atoms with E-state index in [4.69, 9.17) is 25.2 Å². The first-order valence-corrected chi connectivity index (χ1v) is 6.21. The zero-order chi connectivity index (χ0) is 14.7. The quantitative estimate of drug-likeness (QED) is 0.382. The zero-order valence-corrected chi connectivity index (χ0v) is 11.0. The maximum absolute atomic E-state index is 8.76. The van der Waals surface area contributed by atoms with Crippen molar-refractivity contribution in [1.82, 2.24) is 4.98 Å². The van der Waals surface area contributed by atoms with E-state index < -0.39 is 0 Å². The Kier molecular flexibility index (Phi) is 3.46. The molecule has 0 amide bonds. The molecular weight excluding hydrogens is 274 g/mol. The van der Waals surface area contributed by atoms with E-state index in [2.05, 4.69) is 10.1 Å². The second kappa shape index (κ2) is 5.58. The predicted octanol–water partition coefficient (Wildman–Crippen LogP) is 1.48. The Morgan fingerprint density at radius 2 is 2.19 bits per heavy atom. The number of fused-ring (bicyclic) bond motifs is 1. The van der Waals surface area contributed by atoms with Crippen molar-refractivity contribution in [3.8, 4) is 17.2 Å². The number of amidine groups is 1. The van der Waals surface area contributed by atoms with Crippen LogP contribution >= 0.6 is 0 Å². The summed E-state index contributed by atoms with van der Waals surface area (Å²) in [6.45, 7) is 0.532. The smallest absolute Gasteiger partial charge is 0.231 e. The standard InChI is InChI=1S/C14H13N3O4/c15-14(17-18)10-3-4-16-6-13(10)19-7-9-1-2-11-12(5-9)21-8-20-11/h1-6,18H,7-8H2,(H2,15,17). The van der Waals surface area contributed by atoms with Gasteiger partial charge in [-0.15, -0.1) is 0 Å². The lowest BCUT2D eigenvalue weighted by Gasteiger charge is -2.10. The molecule has 3 N–H and O–H groups in total. The fourth-order valence-electron chi connectivity index (χ4n) is 1.95. The van der Waals surface area contributed by atoms with Gasteiger partial charge in [0.05, 0.1) is 11.8 Å². The number of hydrogen-bond acceptors (Lipinski definition) is 6. The third kappa shape index (κ3) is 2.66. The number of oxime groups is 1. The van der Waals surface area contributed by atoms with Gasteiger partial charge >= 0.3 is 0 Å². The highest BCUT2D eigenvalue weighted by Gasteiger charge is 2.14. The van der Waals surface area contributed by atoms with E-state index in [0.29, 0.717) is 23.7 Å². The number of benzene rings is 1. The van der Waals surface area contributed by atoms with Crippen LogP contribution in [0.4, 0.5) is 0 Å². The van der Waals surface area contributed by atoms with Crippen LogP contribution in [0.2, 0.25) is 0 Å². The monoisotopic (exact) mass is 287 g/mol. The van der Waals surface area contributed by atoms with E-state index in [-0.39, 0.29) is 12.6 Å². The fraction of sp³-hybridized carbons (Fsp3) is 0.143. The highest BCUT2D eigenvalue weighted by atomic mass is 16.7. The molecule has 7 heteroatoms. The highest BCUT2D eigenvalue weighted by Crippen LogP contribution is 2.32. The van der Waals surface area contributed by atoms with E-state index in [1.54, 1.807) is 12.3 Å². The summed E-state index contributed by atoms with van der Waals surface area (Å²) < 4.78 is 16.2. The number of nitrogens with zero attached hydrogens (tertiary/aromatic N) is 2. The van der Waals surface area contributed by atoms with Crippen LogP contribution in [0.25, 0.3) is 0 Å². The number of nitrogens with two attached hydrogens (primary N) is 1. The molecule has 1 aromatic heterocycles. The van der Waals surface area contributed by atoms with Gasteiger partial charge in [0.25, 0.3) is 0 Å². The molecule has 0 fully saturated rings. The van der Waals surface area contributed by atoms with Crippen molar-refractivity contribution in [3.63, 3.8) is 0 Å². The average Bonchev–Trinajstić information content (AvgIpc) is 3.00. The van der Waals surface area contributed by atoms with Crippen LogP contribution in [-0.4, -0.2) is 22.8 Å². The predicted molar refractivity (Wildman–Crippen MR) is 73.6 cm³/mol. The summed E-state index contributed by atoms with van der Waals surface area (Å²) in [5.41, 5.74) is 6.98. The van der Waals surface area contributed by atoms with Gasteiger partial charge < -0.3 is 25.2 Å². The Balaban J connectivity index is 1.76. The zero-order valence-electron chi connectivity index (χ0n) is 11.0. The van der Waals surface area contributed by atoms with Gasteiger partial charge in [0, 0.05) is 6.20 Å². The van der Waals surface area contributed by atoms with Gasteiger partial charge in [-0.3, -0.25) is 4.98 Å². The highest BCUT2D eigenvalue weighted by molar-refractivity contribution is 5.99. The molecule has 0 saturated heterocycles. The number of pyridine rings is 1. The maximum atomic E-state index is 8.76. The average molecular weight is 287 g/mol. The van der Waals surface area contributed by atoms with Crippen LogP contribution in [-0.2, 0) is 6.61 Å². The van der Waals surface area contributed by atoms with Crippen molar-refractivity contribution < 1.29 is 19.4 Å². The third-order valence-electron chi connectivity index (χ3n) is 3.00. The molecule has 0 atom stereocenters. The lowest BCUT2D eigenvalue weighted by Crippen LogP contribution is -2.15. The summed E-state index contributed by atoms with van der Waals surface area (Å²) in [5.74, 6) is 1.82. The van der Waals surface area contributed by atoms with Crippen molar-refractivity contribution in [2.75, 3.05) is 6.79 Å². The molecule has 21 heavy (non-hydrogen) atoms. The van der Waals surface area contributed by atoms with E-state index in [1.165, 1.54) is 6.20 Å². The van der Waals surface area contributed by atoms with Crippen LogP contribution < -0.4 is 19.9 Å². The lowest BCUT2D eigenvalue weighted by molar-refractivity contribution is 0.174. The van der Waals surface area contributed by atoms with Crippen molar-refractivity contribution in [2.24, 2.45) is 10.9 Å². The van der Waals surface area contributed by atoms with Crippen LogP contribution in [0.3, 0.4) is 0 Å². The Morgan fingerprint density at radius 1 is 1.33 bits per heavy atom. The minimum atomic E-state index is -0.0295. The summed E-state index contributed by atoms with van der Waals surface area (Å²) in [6, 6.07) is 7.17. The molecule has 3 rings (SSSR count). The first-order valence-electron chi connectivity index (χ1n) is 6.21. The van der Waals surface area contributed by atoms with E-state index in [1.807, 2.05) is 18.2 Å². The summed E-state index contributed by atoms with van der Waals surface area (Å²) >= 11 is 0. The number of ether oxygens (including phenoxy) is 3. The van der Waals surface area contributed by atoms with Gasteiger partial charge in [0.1, 0.15) is 12.4 Å². The summed E-state index contributed by atoms with van der Waals surface area (Å²) in [6.07, 6.45) is 3.06. The Morgan fingerprint density at radius 3 is 3.05 bits per heavy atom. The molecule has 0 saturated carbocycles. The molecule has 7 nitrogen and oxygen atoms in total. The van der Waals surface area contributed by atoms with Gasteiger partial charge in [-0.2, -0.15) is 0 Å². The first kappa shape index (κ1) is 13.0. The van der Waals surface area contributed by atoms with Crippen LogP contribution in [0.1, 0.15) is 11.1 Å². The fourth-order valence-corrected chi connectivity index (χ4v) is 1.95. The minimum Gasteiger partial charge on any atom is -0.487 e. The van der Waals surface area contributed by atoms with E-state index >= 15 is 0 Å². The molecule has 2 aromatic rings. The molecule has 1 aromatic carbocycles. The second-order valence-corrected chi connectivity index (χ2v) is 4.33. The summed E-state index contributed by atoms with van der Waals surface area (Å²) in [7, 11) is 0. The van der Waals surface area contributed by atoms with Crippen molar-refractivity contribution in [2.45, 2.75) is 6.61 Å². The molecule has 1 aliphatic heterocycles. The first-order chi connectivity index (χ1) is 10.3. The molecule has 0 unspecified atom stereocenters. The summed E-state index contributed by atoms with van der Waals surface area (Å²) in [5, 5.41) is 11.7. The Hall–Kier alpha value is -2.96. The molecule has 0 bridgehead atoms. The van der Waals surface area contributed by atoms with Crippen molar-refractivity contribution in [3.05, 3.63) is 47.8 Å². The van der Waals surface area contributed by atoms with Crippen molar-refractivity contribution in [1.29, 1.82) is 0 Å². The van der Waals surface area contributed by atoms with Gasteiger partial charge in [0.2, 0.25) is 6.79 Å². The van der Waals surface area contributed by atoms with Gasteiger partial charge in [-0.25, -0.2) is 0 Å². The molecule has 0 spiro atoms. The molecular formula is C14H13N3O4. The molecule has 2 heterocycles. The molecule has 1 aliphatic rings.